The third-order valence-corrected chi connectivity index (χ3v) is 7.77. The minimum Gasteiger partial charge on any atom is -0.487 e. The predicted molar refractivity (Wildman–Crippen MR) is 214 cm³/mol. The molecule has 0 atom stereocenters. The highest BCUT2D eigenvalue weighted by molar-refractivity contribution is 5.94. The van der Waals surface area contributed by atoms with Crippen LogP contribution >= 0.6 is 0 Å². The van der Waals surface area contributed by atoms with Crippen LogP contribution < -0.4 is 29.6 Å². The van der Waals surface area contributed by atoms with E-state index in [9.17, 15) is 0 Å². The molecule has 0 spiro atoms. The summed E-state index contributed by atoms with van der Waals surface area (Å²) in [6.45, 7) is 1.70. The molecular formula is C42H42N6O8. The van der Waals surface area contributed by atoms with Crippen molar-refractivity contribution in [3.8, 4) is 47.7 Å². The molecule has 0 unspecified atom stereocenters. The maximum atomic E-state index is 9.11. The Labute approximate surface area is 324 Å². The molecule has 0 aliphatic carbocycles. The number of aliphatic hydroxyl groups excluding tert-OH is 2. The average molecular weight is 759 g/mol. The quantitative estimate of drug-likeness (QED) is 0.0640. The lowest BCUT2D eigenvalue weighted by Gasteiger charge is -2.15. The zero-order valence-electron chi connectivity index (χ0n) is 31.0. The molecule has 0 saturated carbocycles. The van der Waals surface area contributed by atoms with Crippen molar-refractivity contribution < 1.29 is 38.6 Å². The molecule has 288 valence electrons. The van der Waals surface area contributed by atoms with E-state index in [1.807, 2.05) is 48.5 Å². The molecule has 14 heteroatoms. The number of hydrogen-bond donors (Lipinski definition) is 4. The van der Waals surface area contributed by atoms with Crippen LogP contribution in [0.15, 0.2) is 85.5 Å². The minimum atomic E-state index is -0.106. The largest absolute Gasteiger partial charge is 0.487 e. The van der Waals surface area contributed by atoms with Crippen LogP contribution in [0.5, 0.6) is 23.0 Å². The van der Waals surface area contributed by atoms with Gasteiger partial charge in [-0.1, -0.05) is 24.0 Å². The van der Waals surface area contributed by atoms with Crippen LogP contribution in [-0.2, 0) is 9.47 Å². The molecule has 0 saturated heterocycles. The van der Waals surface area contributed by atoms with Gasteiger partial charge in [-0.15, -0.1) is 12.8 Å². The summed E-state index contributed by atoms with van der Waals surface area (Å²) in [4.78, 5) is 17.3. The van der Waals surface area contributed by atoms with Crippen molar-refractivity contribution in [3.05, 3.63) is 96.6 Å². The van der Waals surface area contributed by atoms with Gasteiger partial charge in [0.15, 0.2) is 23.0 Å². The first-order chi connectivity index (χ1) is 27.5. The van der Waals surface area contributed by atoms with E-state index >= 15 is 0 Å². The molecule has 56 heavy (non-hydrogen) atoms. The maximum Gasteiger partial charge on any atom is 0.163 e. The molecule has 2 aromatic heterocycles. The fourth-order valence-corrected chi connectivity index (χ4v) is 5.21. The maximum absolute atomic E-state index is 9.11. The highest BCUT2D eigenvalue weighted by atomic mass is 16.5. The molecule has 0 aliphatic heterocycles. The fraction of sp³-hybridized carbons (Fsp3) is 0.238. The second kappa shape index (κ2) is 21.3. The van der Waals surface area contributed by atoms with Gasteiger partial charge in [0.05, 0.1) is 37.5 Å². The molecular weight excluding hydrogens is 716 g/mol. The first-order valence-electron chi connectivity index (χ1n) is 17.5. The third kappa shape index (κ3) is 11.2. The van der Waals surface area contributed by atoms with Crippen molar-refractivity contribution in [2.45, 2.75) is 0 Å². The summed E-state index contributed by atoms with van der Waals surface area (Å²) >= 11 is 0. The summed E-state index contributed by atoms with van der Waals surface area (Å²) < 4.78 is 32.8. The number of anilines is 4. The van der Waals surface area contributed by atoms with Crippen LogP contribution in [-0.4, -0.2) is 97.2 Å². The first-order valence-corrected chi connectivity index (χ1v) is 17.5. The summed E-state index contributed by atoms with van der Waals surface area (Å²) in [5, 5.41) is 26.2. The Hall–Kier alpha value is -6.68. The van der Waals surface area contributed by atoms with Crippen LogP contribution in [0, 0.1) is 24.7 Å². The van der Waals surface area contributed by atoms with Crippen LogP contribution in [0.25, 0.3) is 21.8 Å². The number of fused-ring (bicyclic) bond motifs is 2. The second-order valence-corrected chi connectivity index (χ2v) is 11.6. The Morgan fingerprint density at radius 2 is 0.946 bits per heavy atom. The van der Waals surface area contributed by atoms with E-state index in [-0.39, 0.29) is 26.4 Å². The van der Waals surface area contributed by atoms with Crippen molar-refractivity contribution in [2.24, 2.45) is 0 Å². The summed E-state index contributed by atoms with van der Waals surface area (Å²) in [6.07, 6.45) is 13.9. The van der Waals surface area contributed by atoms with E-state index in [0.717, 1.165) is 33.3 Å². The number of nitrogens with one attached hydrogen (secondary N) is 2. The lowest BCUT2D eigenvalue weighted by atomic mass is 10.2. The van der Waals surface area contributed by atoms with Crippen molar-refractivity contribution in [2.75, 3.05) is 77.7 Å². The van der Waals surface area contributed by atoms with E-state index in [1.165, 1.54) is 12.7 Å². The highest BCUT2D eigenvalue weighted by Gasteiger charge is 2.15. The SMILES string of the molecule is C#Cc1cccc(Nc2ncnc3cc(OCCOC)c(OCCO)cc23)c1.C#Cc1cccc(Nc2ncnc3cc(OCCOC)c(OCCO)cc23)c1. The van der Waals surface area contributed by atoms with E-state index in [1.54, 1.807) is 38.5 Å². The van der Waals surface area contributed by atoms with Crippen LogP contribution in [0.3, 0.4) is 0 Å². The Morgan fingerprint density at radius 3 is 1.34 bits per heavy atom. The van der Waals surface area contributed by atoms with Gasteiger partial charge in [-0.25, -0.2) is 19.9 Å². The fourth-order valence-electron chi connectivity index (χ4n) is 5.21. The van der Waals surface area contributed by atoms with Gasteiger partial charge in [-0.3, -0.25) is 0 Å². The molecule has 2 heterocycles. The molecule has 0 fully saturated rings. The Kier molecular flexibility index (Phi) is 15.4. The van der Waals surface area contributed by atoms with Gasteiger partial charge < -0.3 is 49.3 Å². The number of terminal acetylenes is 2. The average Bonchev–Trinajstić information content (AvgIpc) is 3.23. The smallest absolute Gasteiger partial charge is 0.163 e. The van der Waals surface area contributed by atoms with E-state index in [2.05, 4.69) is 42.4 Å². The van der Waals surface area contributed by atoms with Gasteiger partial charge in [-0.2, -0.15) is 0 Å². The molecule has 4 N–H and O–H groups in total. The molecule has 0 aliphatic rings. The molecule has 0 radical (unpaired) electrons. The molecule has 4 aromatic carbocycles. The van der Waals surface area contributed by atoms with Crippen LogP contribution in [0.2, 0.25) is 0 Å². The number of benzene rings is 4. The monoisotopic (exact) mass is 758 g/mol. The number of nitrogens with zero attached hydrogens (tertiary/aromatic N) is 4. The number of ether oxygens (including phenoxy) is 6. The van der Waals surface area contributed by atoms with Crippen molar-refractivity contribution in [1.82, 2.24) is 19.9 Å². The summed E-state index contributed by atoms with van der Waals surface area (Å²) in [6, 6.07) is 22.1. The van der Waals surface area contributed by atoms with Gasteiger partial charge in [0.25, 0.3) is 0 Å². The normalized spacial score (nSPS) is 10.5. The van der Waals surface area contributed by atoms with Crippen molar-refractivity contribution in [3.63, 3.8) is 0 Å². The zero-order chi connectivity index (χ0) is 39.5. The van der Waals surface area contributed by atoms with Gasteiger partial charge in [0.2, 0.25) is 0 Å². The molecule has 0 amide bonds. The minimum absolute atomic E-state index is 0.106. The molecule has 6 rings (SSSR count). The summed E-state index contributed by atoms with van der Waals surface area (Å²) in [5.41, 5.74) is 4.54. The standard InChI is InChI=1S/2C21H21N3O4/c2*1-3-15-5-4-6-16(11-15)24-21-17-12-19(27-8-7-25)20(28-10-9-26-2)13-18(17)22-14-23-21/h2*1,4-6,11-14,25H,7-10H2,2H3,(H,22,23,24). The van der Waals surface area contributed by atoms with E-state index in [0.29, 0.717) is 72.1 Å². The highest BCUT2D eigenvalue weighted by Crippen LogP contribution is 2.36. The number of aliphatic hydroxyl groups is 2. The zero-order valence-corrected chi connectivity index (χ0v) is 31.0. The van der Waals surface area contributed by atoms with E-state index in [4.69, 9.17) is 51.5 Å². The first kappa shape index (κ1) is 40.5. The Bertz CT molecular complexity index is 2130. The summed E-state index contributed by atoms with van der Waals surface area (Å²) in [7, 11) is 3.21. The molecule has 14 nitrogen and oxygen atoms in total. The van der Waals surface area contributed by atoms with Crippen molar-refractivity contribution in [1.29, 1.82) is 0 Å². The molecule has 0 bridgehead atoms. The topological polar surface area (TPSA) is 171 Å². The number of aromatic nitrogens is 4. The lowest BCUT2D eigenvalue weighted by Crippen LogP contribution is -2.08. The van der Waals surface area contributed by atoms with Gasteiger partial charge >= 0.3 is 0 Å². The predicted octanol–water partition coefficient (Wildman–Crippen LogP) is 5.50. The van der Waals surface area contributed by atoms with Crippen LogP contribution in [0.1, 0.15) is 11.1 Å². The Morgan fingerprint density at radius 1 is 0.536 bits per heavy atom. The number of rotatable bonds is 18. The molecule has 6 aromatic rings. The van der Waals surface area contributed by atoms with Gasteiger partial charge in [0.1, 0.15) is 50.7 Å². The number of methoxy groups -OCH3 is 2. The van der Waals surface area contributed by atoms with Crippen molar-refractivity contribution >= 4 is 44.8 Å². The van der Waals surface area contributed by atoms with E-state index < -0.39 is 0 Å². The van der Waals surface area contributed by atoms with Gasteiger partial charge in [-0.05, 0) is 48.5 Å². The Balaban J connectivity index is 0.000000214. The summed E-state index contributed by atoms with van der Waals surface area (Å²) in [5.74, 6) is 8.47. The third-order valence-electron chi connectivity index (χ3n) is 7.77. The second-order valence-electron chi connectivity index (χ2n) is 11.6. The lowest BCUT2D eigenvalue weighted by molar-refractivity contribution is 0.141. The van der Waals surface area contributed by atoms with Gasteiger partial charge in [0, 0.05) is 59.6 Å². The number of hydrogen-bond acceptors (Lipinski definition) is 14. The van der Waals surface area contributed by atoms with Crippen LogP contribution in [0.4, 0.5) is 23.0 Å².